The first-order valence-electron chi connectivity index (χ1n) is 11.3. The third-order valence-electron chi connectivity index (χ3n) is 7.11. The lowest BCUT2D eigenvalue weighted by molar-refractivity contribution is -0.131. The second-order valence-electron chi connectivity index (χ2n) is 8.78. The number of rotatable bonds is 4. The molecule has 0 spiro atoms. The zero-order valence-corrected chi connectivity index (χ0v) is 18.1. The van der Waals surface area contributed by atoms with Gasteiger partial charge in [-0.05, 0) is 36.1 Å². The lowest BCUT2D eigenvalue weighted by Crippen LogP contribution is -2.45. The zero-order chi connectivity index (χ0) is 22.0. The Kier molecular flexibility index (Phi) is 5.48. The quantitative estimate of drug-likeness (QED) is 0.634. The maximum absolute atomic E-state index is 13.4. The van der Waals surface area contributed by atoms with E-state index in [1.165, 1.54) is 5.56 Å². The molecule has 162 valence electrons. The summed E-state index contributed by atoms with van der Waals surface area (Å²) >= 11 is 0. The van der Waals surface area contributed by atoms with Crippen LogP contribution < -0.4 is 0 Å². The minimum atomic E-state index is -0.217. The monoisotopic (exact) mass is 425 g/mol. The van der Waals surface area contributed by atoms with Gasteiger partial charge in [-0.15, -0.1) is 0 Å². The van der Waals surface area contributed by atoms with Crippen molar-refractivity contribution < 1.29 is 9.59 Å². The molecular formula is C27H27N3O2. The van der Waals surface area contributed by atoms with Gasteiger partial charge in [0, 0.05) is 49.4 Å². The number of fused-ring (bicyclic) bond motifs is 1. The maximum atomic E-state index is 13.4. The Labute approximate surface area is 188 Å². The van der Waals surface area contributed by atoms with Gasteiger partial charge in [0.1, 0.15) is 0 Å². The van der Waals surface area contributed by atoms with Crippen molar-refractivity contribution in [2.45, 2.75) is 37.3 Å². The number of amides is 2. The molecule has 0 unspecified atom stereocenters. The van der Waals surface area contributed by atoms with Gasteiger partial charge in [0.15, 0.2) is 0 Å². The molecule has 3 heterocycles. The number of benzene rings is 2. The van der Waals surface area contributed by atoms with Crippen LogP contribution in [0.25, 0.3) is 0 Å². The molecule has 1 aromatic heterocycles. The van der Waals surface area contributed by atoms with Crippen molar-refractivity contribution in [1.29, 1.82) is 0 Å². The van der Waals surface area contributed by atoms with E-state index < -0.39 is 0 Å². The van der Waals surface area contributed by atoms with Gasteiger partial charge >= 0.3 is 0 Å². The van der Waals surface area contributed by atoms with Gasteiger partial charge in [0.05, 0.1) is 6.04 Å². The number of aromatic nitrogens is 1. The summed E-state index contributed by atoms with van der Waals surface area (Å²) in [6.07, 6.45) is 5.35. The summed E-state index contributed by atoms with van der Waals surface area (Å²) in [7, 11) is 0. The van der Waals surface area contributed by atoms with Crippen LogP contribution in [0.5, 0.6) is 0 Å². The Bertz CT molecular complexity index is 1090. The highest BCUT2D eigenvalue weighted by Crippen LogP contribution is 2.46. The van der Waals surface area contributed by atoms with Crippen LogP contribution in [-0.2, 0) is 16.8 Å². The highest BCUT2D eigenvalue weighted by atomic mass is 16.2. The van der Waals surface area contributed by atoms with E-state index in [-0.39, 0.29) is 23.3 Å². The molecule has 2 atom stereocenters. The lowest BCUT2D eigenvalue weighted by Gasteiger charge is -2.36. The average molecular weight is 426 g/mol. The largest absolute Gasteiger partial charge is 0.338 e. The standard InChI is InChI=1S/C27H27N3O2/c31-25-19-24-27(23-9-5-2-6-10-23,13-17-29(25)20-21-7-3-1-4-8-21)14-18-30(24)26(32)22-11-15-28-16-12-22/h1-12,15-16,24H,13-14,17-20H2/t24-,27-/m1/s1. The molecule has 0 N–H and O–H groups in total. The van der Waals surface area contributed by atoms with Gasteiger partial charge in [0.2, 0.25) is 5.91 Å². The minimum absolute atomic E-state index is 0.0143. The molecule has 5 nitrogen and oxygen atoms in total. The molecule has 0 radical (unpaired) electrons. The van der Waals surface area contributed by atoms with Crippen molar-refractivity contribution in [2.24, 2.45) is 0 Å². The molecule has 3 aromatic rings. The number of likely N-dealkylation sites (tertiary alicyclic amines) is 2. The number of carbonyl (C=O) groups is 2. The molecule has 2 fully saturated rings. The fourth-order valence-electron chi connectivity index (χ4n) is 5.42. The van der Waals surface area contributed by atoms with E-state index in [0.29, 0.717) is 31.6 Å². The second-order valence-corrected chi connectivity index (χ2v) is 8.78. The van der Waals surface area contributed by atoms with E-state index in [4.69, 9.17) is 0 Å². The van der Waals surface area contributed by atoms with Crippen LogP contribution in [0.15, 0.2) is 85.2 Å². The predicted molar refractivity (Wildman–Crippen MR) is 123 cm³/mol. The molecule has 2 aromatic carbocycles. The van der Waals surface area contributed by atoms with Gasteiger partial charge in [-0.25, -0.2) is 0 Å². The fourth-order valence-corrected chi connectivity index (χ4v) is 5.42. The van der Waals surface area contributed by atoms with E-state index in [1.807, 2.05) is 34.1 Å². The fraction of sp³-hybridized carbons (Fsp3) is 0.296. The summed E-state index contributed by atoms with van der Waals surface area (Å²) in [4.78, 5) is 34.8. The summed E-state index contributed by atoms with van der Waals surface area (Å²) in [6, 6.07) is 23.9. The molecule has 2 amide bonds. The molecular weight excluding hydrogens is 398 g/mol. The van der Waals surface area contributed by atoms with Crippen LogP contribution in [0.3, 0.4) is 0 Å². The number of carbonyl (C=O) groups excluding carboxylic acids is 2. The third kappa shape index (κ3) is 3.68. The summed E-state index contributed by atoms with van der Waals surface area (Å²) in [6.45, 7) is 1.96. The van der Waals surface area contributed by atoms with Crippen LogP contribution >= 0.6 is 0 Å². The maximum Gasteiger partial charge on any atom is 0.254 e. The SMILES string of the molecule is O=C1C[C@H]2N(C(=O)c3ccncc3)CC[C@@]2(c2ccccc2)CCN1Cc1ccccc1. The van der Waals surface area contributed by atoms with E-state index in [1.54, 1.807) is 24.5 Å². The number of nitrogens with zero attached hydrogens (tertiary/aromatic N) is 3. The van der Waals surface area contributed by atoms with Crippen molar-refractivity contribution in [3.05, 3.63) is 102 Å². The van der Waals surface area contributed by atoms with Crippen molar-refractivity contribution in [3.8, 4) is 0 Å². The molecule has 32 heavy (non-hydrogen) atoms. The molecule has 0 bridgehead atoms. The Hall–Kier alpha value is -3.47. The highest BCUT2D eigenvalue weighted by molar-refractivity contribution is 5.95. The first kappa shape index (κ1) is 20.4. The van der Waals surface area contributed by atoms with Crippen LogP contribution in [0.2, 0.25) is 0 Å². The molecule has 5 rings (SSSR count). The smallest absolute Gasteiger partial charge is 0.254 e. The van der Waals surface area contributed by atoms with Crippen LogP contribution in [0.4, 0.5) is 0 Å². The lowest BCUT2D eigenvalue weighted by atomic mass is 9.71. The predicted octanol–water partition coefficient (Wildman–Crippen LogP) is 4.06. The van der Waals surface area contributed by atoms with Crippen molar-refractivity contribution in [1.82, 2.24) is 14.8 Å². The van der Waals surface area contributed by atoms with Crippen molar-refractivity contribution in [2.75, 3.05) is 13.1 Å². The molecule has 2 aliphatic rings. The molecule has 5 heteroatoms. The number of hydrogen-bond acceptors (Lipinski definition) is 3. The van der Waals surface area contributed by atoms with Crippen LogP contribution in [0, 0.1) is 0 Å². The number of hydrogen-bond donors (Lipinski definition) is 0. The van der Waals surface area contributed by atoms with Crippen molar-refractivity contribution in [3.63, 3.8) is 0 Å². The normalized spacial score (nSPS) is 23.0. The van der Waals surface area contributed by atoms with E-state index >= 15 is 0 Å². The summed E-state index contributed by atoms with van der Waals surface area (Å²) in [5.41, 5.74) is 2.77. The molecule has 0 saturated carbocycles. The third-order valence-corrected chi connectivity index (χ3v) is 7.11. The molecule has 2 aliphatic heterocycles. The van der Waals surface area contributed by atoms with Gasteiger partial charge in [-0.3, -0.25) is 14.6 Å². The number of pyridine rings is 1. The second kappa shape index (κ2) is 8.58. The van der Waals surface area contributed by atoms with Gasteiger partial charge in [-0.2, -0.15) is 0 Å². The molecule has 0 aliphatic carbocycles. The topological polar surface area (TPSA) is 53.5 Å². The van der Waals surface area contributed by atoms with E-state index in [2.05, 4.69) is 41.4 Å². The molecule has 2 saturated heterocycles. The van der Waals surface area contributed by atoms with E-state index in [9.17, 15) is 9.59 Å². The summed E-state index contributed by atoms with van der Waals surface area (Å²) < 4.78 is 0. The van der Waals surface area contributed by atoms with Crippen LogP contribution in [-0.4, -0.2) is 45.7 Å². The Morgan fingerprint density at radius 3 is 2.28 bits per heavy atom. The van der Waals surface area contributed by atoms with Crippen LogP contribution in [0.1, 0.15) is 40.7 Å². The summed E-state index contributed by atoms with van der Waals surface area (Å²) in [5.74, 6) is 0.102. The first-order chi connectivity index (χ1) is 15.7. The Balaban J connectivity index is 1.49. The Morgan fingerprint density at radius 1 is 0.906 bits per heavy atom. The zero-order valence-electron chi connectivity index (χ0n) is 18.1. The summed E-state index contributed by atoms with van der Waals surface area (Å²) in [5, 5.41) is 0. The van der Waals surface area contributed by atoms with Gasteiger partial charge in [-0.1, -0.05) is 60.7 Å². The Morgan fingerprint density at radius 2 is 1.56 bits per heavy atom. The van der Waals surface area contributed by atoms with Crippen molar-refractivity contribution >= 4 is 11.8 Å². The van der Waals surface area contributed by atoms with E-state index in [0.717, 1.165) is 18.4 Å². The first-order valence-corrected chi connectivity index (χ1v) is 11.3. The minimum Gasteiger partial charge on any atom is -0.338 e. The average Bonchev–Trinajstić information content (AvgIpc) is 3.15. The highest BCUT2D eigenvalue weighted by Gasteiger charge is 2.52. The van der Waals surface area contributed by atoms with Gasteiger partial charge < -0.3 is 9.80 Å². The van der Waals surface area contributed by atoms with Gasteiger partial charge in [0.25, 0.3) is 5.91 Å².